The Hall–Kier alpha value is -0.870. The Kier molecular flexibility index (Phi) is 4.07. The second-order valence-corrected chi connectivity index (χ2v) is 5.71. The summed E-state index contributed by atoms with van der Waals surface area (Å²) in [4.78, 5) is 4.37. The first-order chi connectivity index (χ1) is 8.61. The monoisotopic (exact) mass is 251 g/mol. The SMILES string of the molecule is CCc1nccn1CC(CO)(NC(C)C)C1CC1. The Morgan fingerprint density at radius 2 is 2.28 bits per heavy atom. The zero-order valence-electron chi connectivity index (χ0n) is 11.7. The van der Waals surface area contributed by atoms with Crippen molar-refractivity contribution in [3.63, 3.8) is 0 Å². The van der Waals surface area contributed by atoms with E-state index in [9.17, 15) is 5.11 Å². The number of imidazole rings is 1. The summed E-state index contributed by atoms with van der Waals surface area (Å²) in [5.41, 5.74) is -0.182. The number of aliphatic hydroxyl groups excluding tert-OH is 1. The van der Waals surface area contributed by atoms with Gasteiger partial charge in [0.05, 0.1) is 12.1 Å². The molecule has 1 saturated carbocycles. The molecule has 1 heterocycles. The molecule has 2 rings (SSSR count). The van der Waals surface area contributed by atoms with Crippen molar-refractivity contribution >= 4 is 0 Å². The van der Waals surface area contributed by atoms with Crippen molar-refractivity contribution in [1.82, 2.24) is 14.9 Å². The molecule has 1 aliphatic carbocycles. The van der Waals surface area contributed by atoms with Gasteiger partial charge in [0.2, 0.25) is 0 Å². The van der Waals surface area contributed by atoms with Crippen LogP contribution in [0, 0.1) is 5.92 Å². The molecular formula is C14H25N3O. The zero-order chi connectivity index (χ0) is 13.2. The topological polar surface area (TPSA) is 50.1 Å². The molecule has 0 amide bonds. The highest BCUT2D eigenvalue weighted by Gasteiger charge is 2.45. The van der Waals surface area contributed by atoms with Gasteiger partial charge in [-0.1, -0.05) is 20.8 Å². The van der Waals surface area contributed by atoms with Crippen molar-refractivity contribution < 1.29 is 5.11 Å². The first kappa shape index (κ1) is 13.6. The van der Waals surface area contributed by atoms with Gasteiger partial charge in [0.25, 0.3) is 0 Å². The summed E-state index contributed by atoms with van der Waals surface area (Å²) in [5, 5.41) is 13.5. The first-order valence-corrected chi connectivity index (χ1v) is 7.00. The molecule has 4 heteroatoms. The summed E-state index contributed by atoms with van der Waals surface area (Å²) in [6.45, 7) is 7.40. The molecule has 0 spiro atoms. The molecule has 0 radical (unpaired) electrons. The Labute approximate surface area is 109 Å². The minimum Gasteiger partial charge on any atom is -0.394 e. The molecule has 2 N–H and O–H groups in total. The van der Waals surface area contributed by atoms with Crippen molar-refractivity contribution in [2.75, 3.05) is 6.61 Å². The van der Waals surface area contributed by atoms with E-state index in [2.05, 4.69) is 35.6 Å². The fourth-order valence-corrected chi connectivity index (χ4v) is 2.83. The lowest BCUT2D eigenvalue weighted by atomic mass is 9.92. The number of hydrogen-bond donors (Lipinski definition) is 2. The summed E-state index contributed by atoms with van der Waals surface area (Å²) < 4.78 is 2.18. The molecule has 1 atom stereocenters. The van der Waals surface area contributed by atoms with Gasteiger partial charge in [-0.2, -0.15) is 0 Å². The maximum absolute atomic E-state index is 9.90. The van der Waals surface area contributed by atoms with Crippen LogP contribution in [0.25, 0.3) is 0 Å². The van der Waals surface area contributed by atoms with Crippen molar-refractivity contribution in [3.8, 4) is 0 Å². The fraction of sp³-hybridized carbons (Fsp3) is 0.786. The zero-order valence-corrected chi connectivity index (χ0v) is 11.7. The largest absolute Gasteiger partial charge is 0.394 e. The van der Waals surface area contributed by atoms with E-state index < -0.39 is 0 Å². The van der Waals surface area contributed by atoms with Gasteiger partial charge >= 0.3 is 0 Å². The van der Waals surface area contributed by atoms with Gasteiger partial charge in [0.1, 0.15) is 5.82 Å². The molecule has 0 aliphatic heterocycles. The average Bonchev–Trinajstić information content (AvgIpc) is 3.10. The summed E-state index contributed by atoms with van der Waals surface area (Å²) in [6, 6.07) is 0.381. The molecule has 1 unspecified atom stereocenters. The molecule has 102 valence electrons. The molecule has 0 bridgehead atoms. The van der Waals surface area contributed by atoms with Crippen molar-refractivity contribution in [3.05, 3.63) is 18.2 Å². The third-order valence-electron chi connectivity index (χ3n) is 3.79. The second kappa shape index (κ2) is 5.41. The standard InChI is InChI=1S/C14H25N3O/c1-4-13-15-7-8-17(13)9-14(10-18,12-5-6-12)16-11(2)3/h7-8,11-12,16,18H,4-6,9-10H2,1-3H3. The normalized spacial score (nSPS) is 19.2. The number of hydrogen-bond acceptors (Lipinski definition) is 3. The van der Waals surface area contributed by atoms with E-state index in [4.69, 9.17) is 0 Å². The van der Waals surface area contributed by atoms with E-state index in [0.717, 1.165) is 18.8 Å². The summed E-state index contributed by atoms with van der Waals surface area (Å²) in [5.74, 6) is 1.69. The quantitative estimate of drug-likeness (QED) is 0.773. The van der Waals surface area contributed by atoms with Gasteiger partial charge in [0, 0.05) is 31.4 Å². The lowest BCUT2D eigenvalue weighted by Gasteiger charge is -2.36. The van der Waals surface area contributed by atoms with Crippen molar-refractivity contribution in [1.29, 1.82) is 0 Å². The Morgan fingerprint density at radius 3 is 2.78 bits per heavy atom. The summed E-state index contributed by atoms with van der Waals surface area (Å²) >= 11 is 0. The maximum atomic E-state index is 9.90. The Bertz CT molecular complexity index is 384. The highest BCUT2D eigenvalue weighted by molar-refractivity contribution is 5.04. The van der Waals surface area contributed by atoms with Crippen LogP contribution in [0.5, 0.6) is 0 Å². The van der Waals surface area contributed by atoms with Gasteiger partial charge in [-0.15, -0.1) is 0 Å². The smallest absolute Gasteiger partial charge is 0.108 e. The van der Waals surface area contributed by atoms with Crippen LogP contribution in [0.1, 0.15) is 39.4 Å². The van der Waals surface area contributed by atoms with Gasteiger partial charge in [-0.05, 0) is 18.8 Å². The van der Waals surface area contributed by atoms with Crippen LogP contribution >= 0.6 is 0 Å². The van der Waals surface area contributed by atoms with Gasteiger partial charge < -0.3 is 15.0 Å². The Morgan fingerprint density at radius 1 is 1.56 bits per heavy atom. The van der Waals surface area contributed by atoms with E-state index in [1.54, 1.807) is 0 Å². The number of nitrogens with one attached hydrogen (secondary N) is 1. The second-order valence-electron chi connectivity index (χ2n) is 5.71. The highest BCUT2D eigenvalue weighted by Crippen LogP contribution is 2.41. The number of nitrogens with zero attached hydrogens (tertiary/aromatic N) is 2. The van der Waals surface area contributed by atoms with Gasteiger partial charge in [-0.3, -0.25) is 0 Å². The third kappa shape index (κ3) is 2.75. The number of aromatic nitrogens is 2. The number of aliphatic hydroxyl groups is 1. The van der Waals surface area contributed by atoms with E-state index in [1.807, 2.05) is 12.4 Å². The van der Waals surface area contributed by atoms with Crippen LogP contribution in [0.3, 0.4) is 0 Å². The van der Waals surface area contributed by atoms with Crippen LogP contribution in [-0.4, -0.2) is 32.8 Å². The molecule has 18 heavy (non-hydrogen) atoms. The lowest BCUT2D eigenvalue weighted by molar-refractivity contribution is 0.112. The van der Waals surface area contributed by atoms with E-state index in [1.165, 1.54) is 12.8 Å². The predicted molar refractivity (Wildman–Crippen MR) is 72.4 cm³/mol. The summed E-state index contributed by atoms with van der Waals surface area (Å²) in [7, 11) is 0. The van der Waals surface area contributed by atoms with Crippen LogP contribution in [-0.2, 0) is 13.0 Å². The van der Waals surface area contributed by atoms with Crippen LogP contribution in [0.2, 0.25) is 0 Å². The number of rotatable bonds is 7. The van der Waals surface area contributed by atoms with Crippen molar-refractivity contribution in [2.45, 2.75) is 58.2 Å². The average molecular weight is 251 g/mol. The lowest BCUT2D eigenvalue weighted by Crippen LogP contribution is -2.56. The molecule has 1 aromatic heterocycles. The molecule has 1 fully saturated rings. The molecular weight excluding hydrogens is 226 g/mol. The molecule has 4 nitrogen and oxygen atoms in total. The van der Waals surface area contributed by atoms with Gasteiger partial charge in [0.15, 0.2) is 0 Å². The maximum Gasteiger partial charge on any atom is 0.108 e. The van der Waals surface area contributed by atoms with Crippen LogP contribution in [0.15, 0.2) is 12.4 Å². The fourth-order valence-electron chi connectivity index (χ4n) is 2.83. The minimum absolute atomic E-state index is 0.182. The molecule has 0 saturated heterocycles. The summed E-state index contributed by atoms with van der Waals surface area (Å²) in [6.07, 6.45) is 7.24. The van der Waals surface area contributed by atoms with E-state index in [0.29, 0.717) is 12.0 Å². The molecule has 1 aromatic rings. The third-order valence-corrected chi connectivity index (χ3v) is 3.79. The van der Waals surface area contributed by atoms with Crippen LogP contribution in [0.4, 0.5) is 0 Å². The predicted octanol–water partition coefficient (Wildman–Crippen LogP) is 1.58. The van der Waals surface area contributed by atoms with E-state index in [-0.39, 0.29) is 12.1 Å². The minimum atomic E-state index is -0.182. The van der Waals surface area contributed by atoms with Crippen LogP contribution < -0.4 is 5.32 Å². The van der Waals surface area contributed by atoms with Crippen molar-refractivity contribution in [2.24, 2.45) is 5.92 Å². The first-order valence-electron chi connectivity index (χ1n) is 7.00. The molecule has 1 aliphatic rings. The van der Waals surface area contributed by atoms with E-state index >= 15 is 0 Å². The Balaban J connectivity index is 2.18. The number of aryl methyl sites for hydroxylation is 1. The van der Waals surface area contributed by atoms with Gasteiger partial charge in [-0.25, -0.2) is 4.98 Å². The molecule has 0 aromatic carbocycles. The highest BCUT2D eigenvalue weighted by atomic mass is 16.3.